The van der Waals surface area contributed by atoms with Crippen molar-refractivity contribution in [3.63, 3.8) is 0 Å². The van der Waals surface area contributed by atoms with Crippen LogP contribution in [0.3, 0.4) is 0 Å². The number of carbonyl (C=O) groups excluding carboxylic acids is 1. The third-order valence-corrected chi connectivity index (χ3v) is 5.52. The van der Waals surface area contributed by atoms with Crippen molar-refractivity contribution in [1.82, 2.24) is 5.32 Å². The lowest BCUT2D eigenvalue weighted by Crippen LogP contribution is -2.58. The Labute approximate surface area is 151 Å². The molecule has 0 aromatic heterocycles. The number of rotatable bonds is 3. The molecule has 4 rings (SSSR count). The molecule has 6 nitrogen and oxygen atoms in total. The number of nitro benzene ring substituents is 1. The summed E-state index contributed by atoms with van der Waals surface area (Å²) in [5.41, 5.74) is 1.58. The number of para-hydroxylation sites is 2. The monoisotopic (exact) mass is 349 g/mol. The molecule has 1 N–H and O–H groups in total. The van der Waals surface area contributed by atoms with Crippen LogP contribution in [0.15, 0.2) is 54.6 Å². The minimum Gasteiger partial charge on any atom is -0.335 e. The van der Waals surface area contributed by atoms with Crippen molar-refractivity contribution in [2.24, 2.45) is 0 Å². The average molecular weight is 349 g/mol. The van der Waals surface area contributed by atoms with Gasteiger partial charge in [0.1, 0.15) is 5.66 Å². The maximum absolute atomic E-state index is 12.3. The Bertz CT molecular complexity index is 951. The predicted octanol–water partition coefficient (Wildman–Crippen LogP) is 3.23. The number of nitro groups is 1. The number of fused-ring (bicyclic) bond motifs is 3. The zero-order valence-electron chi connectivity index (χ0n) is 14.6. The molecule has 1 amide bonds. The summed E-state index contributed by atoms with van der Waals surface area (Å²) in [6.07, 6.45) is 3.63. The normalized spacial score (nSPS) is 23.0. The van der Waals surface area contributed by atoms with Crippen LogP contribution in [-0.2, 0) is 10.2 Å². The first-order valence-corrected chi connectivity index (χ1v) is 8.48. The highest BCUT2D eigenvalue weighted by Gasteiger charge is 2.59. The number of hydrogen-bond acceptors (Lipinski definition) is 4. The van der Waals surface area contributed by atoms with Crippen molar-refractivity contribution >= 4 is 23.4 Å². The molecule has 0 saturated carbocycles. The number of anilines is 1. The topological polar surface area (TPSA) is 75.5 Å². The molecule has 26 heavy (non-hydrogen) atoms. The predicted molar refractivity (Wildman–Crippen MR) is 99.8 cm³/mol. The van der Waals surface area contributed by atoms with Crippen LogP contribution >= 0.6 is 0 Å². The van der Waals surface area contributed by atoms with Gasteiger partial charge < -0.3 is 10.2 Å². The largest absolute Gasteiger partial charge is 0.335 e. The number of nitrogens with one attached hydrogen (secondary N) is 1. The van der Waals surface area contributed by atoms with Crippen molar-refractivity contribution in [3.05, 3.63) is 75.8 Å². The molecular weight excluding hydrogens is 330 g/mol. The Kier molecular flexibility index (Phi) is 3.41. The van der Waals surface area contributed by atoms with E-state index in [0.717, 1.165) is 11.3 Å². The van der Waals surface area contributed by atoms with Gasteiger partial charge in [-0.05, 0) is 29.8 Å². The lowest BCUT2D eigenvalue weighted by molar-refractivity contribution is -0.385. The van der Waals surface area contributed by atoms with E-state index in [1.54, 1.807) is 24.3 Å². The van der Waals surface area contributed by atoms with Gasteiger partial charge in [-0.3, -0.25) is 14.9 Å². The molecule has 2 aliphatic heterocycles. The van der Waals surface area contributed by atoms with Crippen molar-refractivity contribution < 1.29 is 9.72 Å². The van der Waals surface area contributed by atoms with Gasteiger partial charge in [0.15, 0.2) is 0 Å². The Morgan fingerprint density at radius 2 is 1.85 bits per heavy atom. The van der Waals surface area contributed by atoms with E-state index in [1.807, 2.05) is 24.3 Å². The highest BCUT2D eigenvalue weighted by Crippen LogP contribution is 2.52. The molecular formula is C20H19N3O3. The fraction of sp³-hybridized carbons (Fsp3) is 0.250. The first kappa shape index (κ1) is 16.3. The van der Waals surface area contributed by atoms with Crippen LogP contribution in [0.5, 0.6) is 0 Å². The van der Waals surface area contributed by atoms with E-state index in [1.165, 1.54) is 6.07 Å². The molecule has 1 saturated heterocycles. The molecule has 0 radical (unpaired) electrons. The Morgan fingerprint density at radius 1 is 1.15 bits per heavy atom. The second-order valence-electron chi connectivity index (χ2n) is 7.19. The summed E-state index contributed by atoms with van der Waals surface area (Å²) >= 11 is 0. The number of amides is 1. The lowest BCUT2D eigenvalue weighted by atomic mass is 9.75. The molecule has 6 heteroatoms. The summed E-state index contributed by atoms with van der Waals surface area (Å²) in [7, 11) is 0. The van der Waals surface area contributed by atoms with Gasteiger partial charge in [-0.25, -0.2) is 0 Å². The average Bonchev–Trinajstić information content (AvgIpc) is 3.05. The third-order valence-electron chi connectivity index (χ3n) is 5.52. The minimum absolute atomic E-state index is 0.0457. The maximum Gasteiger partial charge on any atom is 0.276 e. The molecule has 2 aromatic carbocycles. The van der Waals surface area contributed by atoms with Crippen LogP contribution in [0.2, 0.25) is 0 Å². The maximum atomic E-state index is 12.3. The number of hydrogen-bond donors (Lipinski definition) is 1. The van der Waals surface area contributed by atoms with Gasteiger partial charge >= 0.3 is 0 Å². The number of nitrogens with zero attached hydrogens (tertiary/aromatic N) is 2. The zero-order chi connectivity index (χ0) is 18.5. The fourth-order valence-electron chi connectivity index (χ4n) is 4.14. The van der Waals surface area contributed by atoms with Crippen molar-refractivity contribution in [2.45, 2.75) is 24.9 Å². The van der Waals surface area contributed by atoms with Crippen molar-refractivity contribution in [3.8, 4) is 0 Å². The first-order valence-electron chi connectivity index (χ1n) is 8.48. The molecule has 2 heterocycles. The second-order valence-corrected chi connectivity index (χ2v) is 7.19. The first-order chi connectivity index (χ1) is 12.4. The minimum atomic E-state index is -0.752. The summed E-state index contributed by atoms with van der Waals surface area (Å²) in [6, 6.07) is 14.6. The Morgan fingerprint density at radius 3 is 2.62 bits per heavy atom. The van der Waals surface area contributed by atoms with Gasteiger partial charge in [-0.1, -0.05) is 44.2 Å². The van der Waals surface area contributed by atoms with E-state index >= 15 is 0 Å². The van der Waals surface area contributed by atoms with E-state index in [-0.39, 0.29) is 18.1 Å². The van der Waals surface area contributed by atoms with Crippen molar-refractivity contribution in [2.75, 3.05) is 11.4 Å². The molecule has 1 atom stereocenters. The number of carbonyl (C=O) groups is 1. The summed E-state index contributed by atoms with van der Waals surface area (Å²) in [5.74, 6) is -0.0558. The lowest BCUT2D eigenvalue weighted by Gasteiger charge is -2.40. The summed E-state index contributed by atoms with van der Waals surface area (Å²) in [4.78, 5) is 25.2. The highest BCUT2D eigenvalue weighted by molar-refractivity contribution is 5.91. The van der Waals surface area contributed by atoms with Gasteiger partial charge in [0.2, 0.25) is 5.91 Å². The van der Waals surface area contributed by atoms with Gasteiger partial charge in [0, 0.05) is 17.2 Å². The van der Waals surface area contributed by atoms with Crippen LogP contribution < -0.4 is 10.2 Å². The summed E-state index contributed by atoms with van der Waals surface area (Å²) in [5, 5.41) is 14.4. The van der Waals surface area contributed by atoms with Crippen LogP contribution in [0, 0.1) is 10.1 Å². The molecule has 132 valence electrons. The molecule has 0 spiro atoms. The molecule has 0 unspecified atom stereocenters. The van der Waals surface area contributed by atoms with Gasteiger partial charge in [-0.2, -0.15) is 0 Å². The van der Waals surface area contributed by atoms with Crippen LogP contribution in [0.1, 0.15) is 25.0 Å². The Balaban J connectivity index is 1.85. The SMILES string of the molecule is CC1(C)c2ccccc2N2CC(=O)N[C@@]21/C=C/c1ccccc1[N+](=O)[O-]. The van der Waals surface area contributed by atoms with Crippen molar-refractivity contribution in [1.29, 1.82) is 0 Å². The Hall–Kier alpha value is -3.15. The molecule has 2 aliphatic rings. The smallest absolute Gasteiger partial charge is 0.276 e. The highest BCUT2D eigenvalue weighted by atomic mass is 16.6. The molecule has 1 fully saturated rings. The number of benzene rings is 2. The molecule has 2 aromatic rings. The molecule has 0 bridgehead atoms. The molecule has 0 aliphatic carbocycles. The standard InChI is InChI=1S/C20H19N3O3/c1-19(2)15-8-4-6-10-17(15)22-13-18(24)21-20(19,22)12-11-14-7-3-5-9-16(14)23(25)26/h3-12H,13H2,1-2H3,(H,21,24)/b12-11+/t20-/m0/s1. The van der Waals surface area contributed by atoms with E-state index in [0.29, 0.717) is 5.56 Å². The third kappa shape index (κ3) is 2.08. The van der Waals surface area contributed by atoms with E-state index in [9.17, 15) is 14.9 Å². The van der Waals surface area contributed by atoms with E-state index < -0.39 is 16.0 Å². The second kappa shape index (κ2) is 5.42. The quantitative estimate of drug-likeness (QED) is 0.682. The van der Waals surface area contributed by atoms with Gasteiger partial charge in [0.25, 0.3) is 5.69 Å². The zero-order valence-corrected chi connectivity index (χ0v) is 14.6. The van der Waals surface area contributed by atoms with E-state index in [4.69, 9.17) is 0 Å². The van der Waals surface area contributed by atoms with Crippen LogP contribution in [-0.4, -0.2) is 23.0 Å². The summed E-state index contributed by atoms with van der Waals surface area (Å²) < 4.78 is 0. The summed E-state index contributed by atoms with van der Waals surface area (Å²) in [6.45, 7) is 4.43. The van der Waals surface area contributed by atoms with E-state index in [2.05, 4.69) is 30.1 Å². The van der Waals surface area contributed by atoms with Gasteiger partial charge in [0.05, 0.1) is 17.0 Å². The fourth-order valence-corrected chi connectivity index (χ4v) is 4.14. The van der Waals surface area contributed by atoms with Crippen LogP contribution in [0.4, 0.5) is 11.4 Å². The van der Waals surface area contributed by atoms with Crippen LogP contribution in [0.25, 0.3) is 6.08 Å². The van der Waals surface area contributed by atoms with Gasteiger partial charge in [-0.15, -0.1) is 0 Å².